The molecule has 2 aromatic heterocycles. The monoisotopic (exact) mass is 229 g/mol. The molecule has 2 heterocycles. The average Bonchev–Trinajstić information content (AvgIpc) is 2.86. The maximum Gasteiger partial charge on any atom is 0.180 e. The number of aryl methyl sites for hydroxylation is 1. The van der Waals surface area contributed by atoms with E-state index in [1.54, 1.807) is 0 Å². The van der Waals surface area contributed by atoms with Gasteiger partial charge in [-0.05, 0) is 6.07 Å². The zero-order valence-corrected chi connectivity index (χ0v) is 9.66. The fourth-order valence-electron chi connectivity index (χ4n) is 1.97. The molecular weight excluding hydrogens is 218 g/mol. The topological polar surface area (TPSA) is 43.8 Å². The number of hydrogen-bond donors (Lipinski definition) is 1. The van der Waals surface area contributed by atoms with Gasteiger partial charge in [-0.15, -0.1) is 11.3 Å². The third-order valence-electron chi connectivity index (χ3n) is 2.70. The van der Waals surface area contributed by atoms with Gasteiger partial charge in [0, 0.05) is 29.6 Å². The minimum atomic E-state index is 0.612. The van der Waals surface area contributed by atoms with E-state index in [1.165, 1.54) is 22.2 Å². The van der Waals surface area contributed by atoms with Crippen molar-refractivity contribution in [2.75, 3.05) is 5.73 Å². The van der Waals surface area contributed by atoms with Crippen molar-refractivity contribution in [2.45, 2.75) is 0 Å². The standard InChI is InChI=1S/C12H11N3S/c1-15-6-5-8-3-2-4-9(11(8)15)10-7-16-12(13)14-10/h2-7H,1H3,(H2,13,14). The summed E-state index contributed by atoms with van der Waals surface area (Å²) in [6.45, 7) is 0. The molecule has 80 valence electrons. The quantitative estimate of drug-likeness (QED) is 0.697. The van der Waals surface area contributed by atoms with Gasteiger partial charge in [0.1, 0.15) is 0 Å². The van der Waals surface area contributed by atoms with Gasteiger partial charge in [0.15, 0.2) is 5.13 Å². The fourth-order valence-corrected chi connectivity index (χ4v) is 2.54. The molecular formula is C12H11N3S. The molecule has 0 fully saturated rings. The Kier molecular flexibility index (Phi) is 1.97. The highest BCUT2D eigenvalue weighted by Crippen LogP contribution is 2.30. The first-order valence-corrected chi connectivity index (χ1v) is 5.89. The minimum Gasteiger partial charge on any atom is -0.375 e. The summed E-state index contributed by atoms with van der Waals surface area (Å²) >= 11 is 1.47. The Morgan fingerprint density at radius 1 is 1.31 bits per heavy atom. The van der Waals surface area contributed by atoms with Crippen LogP contribution in [0.5, 0.6) is 0 Å². The summed E-state index contributed by atoms with van der Waals surface area (Å²) in [6.07, 6.45) is 2.06. The summed E-state index contributed by atoms with van der Waals surface area (Å²) in [5.41, 5.74) is 8.97. The number of nitrogens with zero attached hydrogens (tertiary/aromatic N) is 2. The van der Waals surface area contributed by atoms with Gasteiger partial charge in [-0.25, -0.2) is 4.98 Å². The number of thiazole rings is 1. The molecule has 3 nitrogen and oxygen atoms in total. The van der Waals surface area contributed by atoms with Crippen LogP contribution in [0.3, 0.4) is 0 Å². The van der Waals surface area contributed by atoms with E-state index in [2.05, 4.69) is 33.9 Å². The molecule has 0 bridgehead atoms. The Morgan fingerprint density at radius 2 is 2.19 bits per heavy atom. The Labute approximate surface area is 97.2 Å². The Balaban J connectivity index is 2.34. The molecule has 0 aliphatic heterocycles. The normalized spacial score (nSPS) is 11.1. The number of aromatic nitrogens is 2. The van der Waals surface area contributed by atoms with Crippen molar-refractivity contribution in [1.29, 1.82) is 0 Å². The van der Waals surface area contributed by atoms with Crippen LogP contribution in [0.25, 0.3) is 22.2 Å². The van der Waals surface area contributed by atoms with E-state index in [1.807, 2.05) is 18.5 Å². The van der Waals surface area contributed by atoms with Gasteiger partial charge >= 0.3 is 0 Å². The van der Waals surface area contributed by atoms with Gasteiger partial charge in [0.25, 0.3) is 0 Å². The molecule has 0 amide bonds. The van der Waals surface area contributed by atoms with Gasteiger partial charge < -0.3 is 10.3 Å². The summed E-state index contributed by atoms with van der Waals surface area (Å²) in [6, 6.07) is 8.34. The van der Waals surface area contributed by atoms with Crippen molar-refractivity contribution >= 4 is 27.4 Å². The summed E-state index contributed by atoms with van der Waals surface area (Å²) < 4.78 is 2.11. The summed E-state index contributed by atoms with van der Waals surface area (Å²) in [5.74, 6) is 0. The van der Waals surface area contributed by atoms with Crippen molar-refractivity contribution in [2.24, 2.45) is 7.05 Å². The van der Waals surface area contributed by atoms with E-state index in [-0.39, 0.29) is 0 Å². The highest BCUT2D eigenvalue weighted by atomic mass is 32.1. The maximum atomic E-state index is 5.67. The Morgan fingerprint density at radius 3 is 2.94 bits per heavy atom. The van der Waals surface area contributed by atoms with Crippen LogP contribution < -0.4 is 5.73 Å². The molecule has 0 aliphatic carbocycles. The molecule has 3 aromatic rings. The third kappa shape index (κ3) is 1.31. The number of fused-ring (bicyclic) bond motifs is 1. The number of hydrogen-bond acceptors (Lipinski definition) is 3. The minimum absolute atomic E-state index is 0.612. The van der Waals surface area contributed by atoms with E-state index in [0.29, 0.717) is 5.13 Å². The van der Waals surface area contributed by atoms with Crippen LogP contribution >= 0.6 is 11.3 Å². The van der Waals surface area contributed by atoms with Crippen LogP contribution in [0.4, 0.5) is 5.13 Å². The number of nitrogen functional groups attached to an aromatic ring is 1. The number of para-hydroxylation sites is 1. The third-order valence-corrected chi connectivity index (χ3v) is 3.37. The molecule has 0 unspecified atom stereocenters. The molecule has 0 spiro atoms. The molecule has 16 heavy (non-hydrogen) atoms. The van der Waals surface area contributed by atoms with Gasteiger partial charge in [-0.1, -0.05) is 18.2 Å². The SMILES string of the molecule is Cn1ccc2cccc(-c3csc(N)n3)c21. The molecule has 2 N–H and O–H groups in total. The number of rotatable bonds is 1. The maximum absolute atomic E-state index is 5.67. The van der Waals surface area contributed by atoms with E-state index in [4.69, 9.17) is 5.73 Å². The molecule has 0 radical (unpaired) electrons. The first kappa shape index (κ1) is 9.42. The first-order chi connectivity index (χ1) is 7.75. The van der Waals surface area contributed by atoms with E-state index < -0.39 is 0 Å². The number of anilines is 1. The van der Waals surface area contributed by atoms with Crippen LogP contribution in [0, 0.1) is 0 Å². The van der Waals surface area contributed by atoms with Gasteiger partial charge in [0.2, 0.25) is 0 Å². The molecule has 0 saturated heterocycles. The average molecular weight is 229 g/mol. The zero-order valence-electron chi connectivity index (χ0n) is 8.84. The van der Waals surface area contributed by atoms with Crippen molar-refractivity contribution in [1.82, 2.24) is 9.55 Å². The van der Waals surface area contributed by atoms with Crippen LogP contribution in [0.15, 0.2) is 35.8 Å². The highest BCUT2D eigenvalue weighted by molar-refractivity contribution is 7.13. The lowest BCUT2D eigenvalue weighted by Crippen LogP contribution is -1.89. The lowest BCUT2D eigenvalue weighted by molar-refractivity contribution is 0.970. The molecule has 0 aliphatic rings. The first-order valence-electron chi connectivity index (χ1n) is 5.01. The number of benzene rings is 1. The van der Waals surface area contributed by atoms with Gasteiger partial charge in [0.05, 0.1) is 11.2 Å². The van der Waals surface area contributed by atoms with Gasteiger partial charge in [-0.3, -0.25) is 0 Å². The predicted molar refractivity (Wildman–Crippen MR) is 68.4 cm³/mol. The molecule has 3 rings (SSSR count). The van der Waals surface area contributed by atoms with Crippen molar-refractivity contribution in [3.05, 3.63) is 35.8 Å². The van der Waals surface area contributed by atoms with Crippen molar-refractivity contribution in [3.8, 4) is 11.3 Å². The van der Waals surface area contributed by atoms with Crippen LogP contribution in [0.1, 0.15) is 0 Å². The Bertz CT molecular complexity index is 651. The van der Waals surface area contributed by atoms with Crippen molar-refractivity contribution < 1.29 is 0 Å². The lowest BCUT2D eigenvalue weighted by Gasteiger charge is -2.03. The lowest BCUT2D eigenvalue weighted by atomic mass is 10.1. The second-order valence-corrected chi connectivity index (χ2v) is 4.63. The summed E-state index contributed by atoms with van der Waals surface area (Å²) in [4.78, 5) is 4.33. The van der Waals surface area contributed by atoms with Crippen LogP contribution in [-0.4, -0.2) is 9.55 Å². The van der Waals surface area contributed by atoms with Crippen LogP contribution in [-0.2, 0) is 7.05 Å². The molecule has 0 saturated carbocycles. The largest absolute Gasteiger partial charge is 0.375 e. The molecule has 1 aromatic carbocycles. The summed E-state index contributed by atoms with van der Waals surface area (Å²) in [5, 5.41) is 3.84. The van der Waals surface area contributed by atoms with Crippen LogP contribution in [0.2, 0.25) is 0 Å². The fraction of sp³-hybridized carbons (Fsp3) is 0.0833. The van der Waals surface area contributed by atoms with E-state index >= 15 is 0 Å². The second-order valence-electron chi connectivity index (χ2n) is 3.74. The molecule has 4 heteroatoms. The smallest absolute Gasteiger partial charge is 0.180 e. The summed E-state index contributed by atoms with van der Waals surface area (Å²) in [7, 11) is 2.04. The highest BCUT2D eigenvalue weighted by Gasteiger charge is 2.09. The van der Waals surface area contributed by atoms with Crippen molar-refractivity contribution in [3.63, 3.8) is 0 Å². The zero-order chi connectivity index (χ0) is 11.1. The number of nitrogens with two attached hydrogens (primary N) is 1. The van der Waals surface area contributed by atoms with E-state index in [0.717, 1.165) is 11.3 Å². The predicted octanol–water partition coefficient (Wildman–Crippen LogP) is 2.88. The molecule has 0 atom stereocenters. The Hall–Kier alpha value is -1.81. The van der Waals surface area contributed by atoms with E-state index in [9.17, 15) is 0 Å². The second kappa shape index (κ2) is 3.35. The van der Waals surface area contributed by atoms with Gasteiger partial charge in [-0.2, -0.15) is 0 Å².